The molecule has 6 nitrogen and oxygen atoms in total. The first kappa shape index (κ1) is 17.9. The quantitative estimate of drug-likeness (QED) is 0.890. The minimum absolute atomic E-state index is 0.0819. The number of pyridine rings is 1. The molecule has 1 aliphatic rings. The Labute approximate surface area is 153 Å². The van der Waals surface area contributed by atoms with Crippen molar-refractivity contribution in [3.63, 3.8) is 0 Å². The second-order valence-electron chi connectivity index (χ2n) is 6.64. The van der Waals surface area contributed by atoms with Crippen molar-refractivity contribution in [2.24, 2.45) is 0 Å². The number of amides is 3. The number of aromatic nitrogens is 1. The van der Waals surface area contributed by atoms with E-state index in [1.807, 2.05) is 18.2 Å². The highest BCUT2D eigenvalue weighted by Crippen LogP contribution is 2.24. The fourth-order valence-corrected chi connectivity index (χ4v) is 3.04. The molecule has 1 saturated heterocycles. The maximum absolute atomic E-state index is 12.8. The van der Waals surface area contributed by atoms with Gasteiger partial charge in [-0.3, -0.25) is 9.78 Å². The van der Waals surface area contributed by atoms with Crippen LogP contribution in [0.1, 0.15) is 34.7 Å². The Balaban J connectivity index is 1.87. The molecule has 0 bridgehead atoms. The van der Waals surface area contributed by atoms with E-state index in [0.29, 0.717) is 13.1 Å². The van der Waals surface area contributed by atoms with Crippen LogP contribution in [0.5, 0.6) is 0 Å². The van der Waals surface area contributed by atoms with Crippen molar-refractivity contribution in [3.05, 3.63) is 65.0 Å². The number of urea groups is 1. The lowest BCUT2D eigenvalue weighted by molar-refractivity contribution is -0.121. The molecule has 1 atom stereocenters. The molecule has 1 aromatic heterocycles. The van der Waals surface area contributed by atoms with Crippen molar-refractivity contribution in [1.82, 2.24) is 20.5 Å². The average Bonchev–Trinajstić information content (AvgIpc) is 2.87. The molecule has 2 N–H and O–H groups in total. The maximum Gasteiger partial charge on any atom is 0.318 e. The molecule has 3 amide bonds. The zero-order valence-corrected chi connectivity index (χ0v) is 15.2. The third-order valence-electron chi connectivity index (χ3n) is 4.70. The lowest BCUT2D eigenvalue weighted by Crippen LogP contribution is -2.44. The van der Waals surface area contributed by atoms with Crippen molar-refractivity contribution >= 4 is 11.9 Å². The van der Waals surface area contributed by atoms with Gasteiger partial charge in [0.15, 0.2) is 0 Å². The second-order valence-corrected chi connectivity index (χ2v) is 6.64. The average molecular weight is 352 g/mol. The summed E-state index contributed by atoms with van der Waals surface area (Å²) < 4.78 is 0. The van der Waals surface area contributed by atoms with E-state index in [0.717, 1.165) is 17.5 Å². The van der Waals surface area contributed by atoms with E-state index >= 15 is 0 Å². The molecule has 26 heavy (non-hydrogen) atoms. The molecular weight excluding hydrogens is 328 g/mol. The molecule has 0 saturated carbocycles. The summed E-state index contributed by atoms with van der Waals surface area (Å²) in [7, 11) is 0. The fourth-order valence-electron chi connectivity index (χ4n) is 3.04. The summed E-state index contributed by atoms with van der Waals surface area (Å²) in [6, 6.07) is 9.41. The predicted octanol–water partition coefficient (Wildman–Crippen LogP) is 2.32. The molecule has 1 fully saturated rings. The topological polar surface area (TPSA) is 74.3 Å². The Bertz CT molecular complexity index is 792. The Morgan fingerprint density at radius 1 is 1.23 bits per heavy atom. The van der Waals surface area contributed by atoms with E-state index in [1.54, 1.807) is 17.3 Å². The van der Waals surface area contributed by atoms with Crippen LogP contribution in [0.25, 0.3) is 0 Å². The molecular formula is C20H24N4O2. The van der Waals surface area contributed by atoms with Gasteiger partial charge in [-0.1, -0.05) is 24.3 Å². The molecule has 1 aromatic carbocycles. The van der Waals surface area contributed by atoms with E-state index in [4.69, 9.17) is 0 Å². The Hall–Kier alpha value is -2.89. The van der Waals surface area contributed by atoms with Crippen LogP contribution in [0.4, 0.5) is 4.79 Å². The molecule has 0 radical (unpaired) electrons. The molecule has 3 rings (SSSR count). The first-order valence-corrected chi connectivity index (χ1v) is 8.84. The number of carbonyl (C=O) groups is 2. The number of nitrogens with zero attached hydrogens (tertiary/aromatic N) is 2. The molecule has 2 heterocycles. The number of hydrogen-bond acceptors (Lipinski definition) is 3. The Morgan fingerprint density at radius 3 is 2.81 bits per heavy atom. The van der Waals surface area contributed by atoms with Gasteiger partial charge in [0.25, 0.3) is 0 Å². The predicted molar refractivity (Wildman–Crippen MR) is 99.7 cm³/mol. The Morgan fingerprint density at radius 2 is 2.08 bits per heavy atom. The Kier molecular flexibility index (Phi) is 5.51. The van der Waals surface area contributed by atoms with Gasteiger partial charge in [-0.25, -0.2) is 4.79 Å². The third kappa shape index (κ3) is 4.20. The summed E-state index contributed by atoms with van der Waals surface area (Å²) in [5.41, 5.74) is 4.27. The van der Waals surface area contributed by atoms with Gasteiger partial charge in [0.05, 0.1) is 6.04 Å². The van der Waals surface area contributed by atoms with Crippen LogP contribution in [-0.4, -0.2) is 41.5 Å². The molecule has 0 spiro atoms. The van der Waals surface area contributed by atoms with Crippen LogP contribution in [-0.2, 0) is 4.79 Å². The van der Waals surface area contributed by atoms with Gasteiger partial charge in [0.1, 0.15) is 6.54 Å². The van der Waals surface area contributed by atoms with Gasteiger partial charge < -0.3 is 15.5 Å². The summed E-state index contributed by atoms with van der Waals surface area (Å²) >= 11 is 0. The lowest BCUT2D eigenvalue weighted by Gasteiger charge is -2.25. The molecule has 6 heteroatoms. The zero-order chi connectivity index (χ0) is 18.5. The van der Waals surface area contributed by atoms with Crippen LogP contribution < -0.4 is 10.6 Å². The van der Waals surface area contributed by atoms with Crippen molar-refractivity contribution < 1.29 is 9.59 Å². The van der Waals surface area contributed by atoms with Gasteiger partial charge >= 0.3 is 6.03 Å². The van der Waals surface area contributed by atoms with Gasteiger partial charge in [-0.2, -0.15) is 0 Å². The second kappa shape index (κ2) is 7.99. The summed E-state index contributed by atoms with van der Waals surface area (Å²) in [6.45, 7) is 5.36. The highest BCUT2D eigenvalue weighted by Gasteiger charge is 2.24. The minimum atomic E-state index is -0.318. The van der Waals surface area contributed by atoms with Gasteiger partial charge in [-0.15, -0.1) is 0 Å². The van der Waals surface area contributed by atoms with Crippen LogP contribution >= 0.6 is 0 Å². The summed E-state index contributed by atoms with van der Waals surface area (Å²) in [4.78, 5) is 30.3. The summed E-state index contributed by atoms with van der Waals surface area (Å²) in [5.74, 6) is -0.123. The number of nitrogens with one attached hydrogen (secondary N) is 2. The molecule has 0 aliphatic carbocycles. The number of benzene rings is 1. The van der Waals surface area contributed by atoms with Gasteiger partial charge in [0, 0.05) is 25.5 Å². The number of rotatable bonds is 3. The number of aryl methyl sites for hydroxylation is 2. The molecule has 0 unspecified atom stereocenters. The third-order valence-corrected chi connectivity index (χ3v) is 4.70. The number of carbonyl (C=O) groups excluding carboxylic acids is 2. The van der Waals surface area contributed by atoms with Crippen LogP contribution in [0, 0.1) is 13.8 Å². The molecule has 2 aromatic rings. The standard InChI is InChI=1S/C20H24N4O2/c1-14-6-7-16(11-15(14)2)19(17-5-3-8-21-12-17)23-20(26)24-10-4-9-22-18(25)13-24/h3,5-8,11-12,19H,4,9-10,13H2,1-2H3,(H,22,25)(H,23,26)/t19-/m1/s1. The van der Waals surface area contributed by atoms with Crippen LogP contribution in [0.15, 0.2) is 42.7 Å². The van der Waals surface area contributed by atoms with E-state index < -0.39 is 0 Å². The lowest BCUT2D eigenvalue weighted by atomic mass is 9.96. The van der Waals surface area contributed by atoms with Gasteiger partial charge in [0.2, 0.25) is 5.91 Å². The highest BCUT2D eigenvalue weighted by atomic mass is 16.2. The smallest absolute Gasteiger partial charge is 0.318 e. The van der Waals surface area contributed by atoms with E-state index in [1.165, 1.54) is 11.1 Å². The SMILES string of the molecule is Cc1ccc([C@@H](NC(=O)N2CCCNC(=O)C2)c2cccnc2)cc1C. The van der Waals surface area contributed by atoms with Crippen LogP contribution in [0.2, 0.25) is 0 Å². The minimum Gasteiger partial charge on any atom is -0.354 e. The fraction of sp³-hybridized carbons (Fsp3) is 0.350. The van der Waals surface area contributed by atoms with Gasteiger partial charge in [-0.05, 0) is 48.6 Å². The van der Waals surface area contributed by atoms with E-state index in [-0.39, 0.29) is 24.5 Å². The van der Waals surface area contributed by atoms with E-state index in [2.05, 4.69) is 41.6 Å². The van der Waals surface area contributed by atoms with Crippen molar-refractivity contribution in [2.45, 2.75) is 26.3 Å². The highest BCUT2D eigenvalue weighted by molar-refractivity contribution is 5.84. The van der Waals surface area contributed by atoms with Crippen molar-refractivity contribution in [3.8, 4) is 0 Å². The first-order chi connectivity index (χ1) is 12.5. The maximum atomic E-state index is 12.8. The first-order valence-electron chi connectivity index (χ1n) is 8.84. The summed E-state index contributed by atoms with van der Waals surface area (Å²) in [5, 5.41) is 5.87. The zero-order valence-electron chi connectivity index (χ0n) is 15.2. The van der Waals surface area contributed by atoms with Crippen LogP contribution in [0.3, 0.4) is 0 Å². The van der Waals surface area contributed by atoms with Crippen molar-refractivity contribution in [2.75, 3.05) is 19.6 Å². The number of hydrogen-bond donors (Lipinski definition) is 2. The molecule has 136 valence electrons. The van der Waals surface area contributed by atoms with E-state index in [9.17, 15) is 9.59 Å². The molecule has 1 aliphatic heterocycles. The van der Waals surface area contributed by atoms with Crippen molar-refractivity contribution in [1.29, 1.82) is 0 Å². The monoisotopic (exact) mass is 352 g/mol. The normalized spacial score (nSPS) is 15.8. The summed E-state index contributed by atoms with van der Waals surface area (Å²) in [6.07, 6.45) is 4.22. The largest absolute Gasteiger partial charge is 0.354 e.